The van der Waals surface area contributed by atoms with Crippen molar-refractivity contribution in [3.63, 3.8) is 0 Å². The highest BCUT2D eigenvalue weighted by Crippen LogP contribution is 1.94. The molecule has 0 aromatic carbocycles. The number of rotatable bonds is 6. The first-order chi connectivity index (χ1) is 5.12. The molecule has 0 heterocycles. The van der Waals surface area contributed by atoms with Gasteiger partial charge in [0.25, 0.3) is 9.05 Å². The van der Waals surface area contributed by atoms with Crippen LogP contribution in [-0.2, 0) is 28.6 Å². The van der Waals surface area contributed by atoms with Crippen LogP contribution >= 0.6 is 0 Å². The highest BCUT2D eigenvalue weighted by Gasteiger charge is 2.04. The van der Waals surface area contributed by atoms with Gasteiger partial charge in [0.2, 0.25) is 0 Å². The van der Waals surface area contributed by atoms with Gasteiger partial charge in [-0.3, -0.25) is 8.37 Å². The van der Waals surface area contributed by atoms with Crippen molar-refractivity contribution in [3.05, 3.63) is 0 Å². The first-order valence-electron chi connectivity index (χ1n) is 3.06. The van der Waals surface area contributed by atoms with E-state index in [4.69, 9.17) is 11.5 Å². The maximum atomic E-state index is 11.0. The van der Waals surface area contributed by atoms with Crippen LogP contribution in [0.2, 0.25) is 0 Å². The van der Waals surface area contributed by atoms with E-state index >= 15 is 0 Å². The Hall–Kier alpha value is 0.210. The second kappa shape index (κ2) is 5.81. The summed E-state index contributed by atoms with van der Waals surface area (Å²) in [7, 11) is -3.03. The number of hydrogen-bond acceptors (Lipinski definition) is 6. The molecule has 0 amide bonds. The topological polar surface area (TPSA) is 87.6 Å². The molecule has 0 bridgehead atoms. The van der Waals surface area contributed by atoms with Crippen molar-refractivity contribution in [3.8, 4) is 0 Å². The summed E-state index contributed by atoms with van der Waals surface area (Å²) in [6.07, 6.45) is 0. The molecule has 68 valence electrons. The molecule has 7 heteroatoms. The maximum absolute atomic E-state index is 11.0. The summed E-state index contributed by atoms with van der Waals surface area (Å²) < 4.78 is 20.2. The molecule has 0 aliphatic carbocycles. The summed E-state index contributed by atoms with van der Waals surface area (Å²) in [6.45, 7) is 0.791. The lowest BCUT2D eigenvalue weighted by Gasteiger charge is -2.05. The Balaban J connectivity index is 3.63. The van der Waals surface area contributed by atoms with Crippen molar-refractivity contribution in [2.24, 2.45) is 11.5 Å². The Morgan fingerprint density at radius 2 is 1.55 bits per heavy atom. The summed E-state index contributed by atoms with van der Waals surface area (Å²) in [4.78, 5) is 0. The van der Waals surface area contributed by atoms with E-state index in [1.54, 1.807) is 0 Å². The highest BCUT2D eigenvalue weighted by molar-refractivity contribution is 8.27. The molecular weight excluding hydrogens is 188 g/mol. The molecule has 5 nitrogen and oxygen atoms in total. The van der Waals surface area contributed by atoms with E-state index in [0.717, 1.165) is 0 Å². The fraction of sp³-hybridized carbons (Fsp3) is 1.00. The third-order valence-corrected chi connectivity index (χ3v) is 2.18. The summed E-state index contributed by atoms with van der Waals surface area (Å²) in [5.41, 5.74) is 10.2. The third-order valence-electron chi connectivity index (χ3n) is 0.691. The molecule has 0 fully saturated rings. The molecule has 0 rings (SSSR count). The van der Waals surface area contributed by atoms with Crippen molar-refractivity contribution < 1.29 is 12.6 Å². The molecule has 0 spiro atoms. The molecule has 0 unspecified atom stereocenters. The zero-order valence-electron chi connectivity index (χ0n) is 6.02. The van der Waals surface area contributed by atoms with Crippen molar-refractivity contribution in [1.82, 2.24) is 0 Å². The fourth-order valence-electron chi connectivity index (χ4n) is 0.334. The standard InChI is InChI=1S/C4H12N2O3S2/c5-1-3-8-11(7,10)9-4-2-6/h1-6H2. The average Bonchev–Trinajstić information content (AvgIpc) is 1.97. The fourth-order valence-corrected chi connectivity index (χ4v) is 1.41. The van der Waals surface area contributed by atoms with Gasteiger partial charge >= 0.3 is 0 Å². The van der Waals surface area contributed by atoms with Gasteiger partial charge in [0.05, 0.1) is 13.2 Å². The quantitative estimate of drug-likeness (QED) is 0.543. The average molecular weight is 200 g/mol. The SMILES string of the molecule is NCCOS(=O)(=S)OCCN. The van der Waals surface area contributed by atoms with Crippen LogP contribution in [0.3, 0.4) is 0 Å². The van der Waals surface area contributed by atoms with Gasteiger partial charge in [-0.05, 0) is 0 Å². The first-order valence-corrected chi connectivity index (χ1v) is 5.39. The normalized spacial score (nSPS) is 11.8. The van der Waals surface area contributed by atoms with Gasteiger partial charge in [-0.25, -0.2) is 0 Å². The molecule has 0 aliphatic rings. The van der Waals surface area contributed by atoms with E-state index in [-0.39, 0.29) is 26.3 Å². The van der Waals surface area contributed by atoms with E-state index in [9.17, 15) is 4.21 Å². The number of hydrogen-bond donors (Lipinski definition) is 2. The maximum Gasteiger partial charge on any atom is 0.269 e. The Kier molecular flexibility index (Phi) is 5.92. The zero-order chi connectivity index (χ0) is 8.74. The van der Waals surface area contributed by atoms with Crippen molar-refractivity contribution >= 4 is 20.2 Å². The minimum Gasteiger partial charge on any atom is -0.328 e. The molecule has 0 atom stereocenters. The summed E-state index contributed by atoms with van der Waals surface area (Å²) in [5, 5.41) is 0. The smallest absolute Gasteiger partial charge is 0.269 e. The largest absolute Gasteiger partial charge is 0.328 e. The van der Waals surface area contributed by atoms with Crippen LogP contribution in [0.5, 0.6) is 0 Å². The Morgan fingerprint density at radius 1 is 1.18 bits per heavy atom. The Labute approximate surface area is 71.1 Å². The summed E-state index contributed by atoms with van der Waals surface area (Å²) >= 11 is 4.45. The van der Waals surface area contributed by atoms with Gasteiger partial charge < -0.3 is 11.5 Å². The lowest BCUT2D eigenvalue weighted by atomic mass is 10.8. The predicted molar refractivity (Wildman–Crippen MR) is 45.5 cm³/mol. The summed E-state index contributed by atoms with van der Waals surface area (Å²) in [6, 6.07) is 0. The van der Waals surface area contributed by atoms with E-state index in [0.29, 0.717) is 0 Å². The molecule has 0 saturated heterocycles. The zero-order valence-corrected chi connectivity index (χ0v) is 7.66. The molecule has 0 radical (unpaired) electrons. The summed E-state index contributed by atoms with van der Waals surface area (Å²) in [5.74, 6) is 0. The van der Waals surface area contributed by atoms with Crippen LogP contribution in [0.25, 0.3) is 0 Å². The van der Waals surface area contributed by atoms with Gasteiger partial charge in [0.15, 0.2) is 0 Å². The first kappa shape index (κ1) is 11.2. The van der Waals surface area contributed by atoms with Crippen LogP contribution < -0.4 is 11.5 Å². The van der Waals surface area contributed by atoms with E-state index < -0.39 is 9.05 Å². The minimum absolute atomic E-state index is 0.132. The number of nitrogens with two attached hydrogens (primary N) is 2. The lowest BCUT2D eigenvalue weighted by Crippen LogP contribution is -2.18. The van der Waals surface area contributed by atoms with Crippen molar-refractivity contribution in [2.75, 3.05) is 26.3 Å². The minimum atomic E-state index is -3.03. The van der Waals surface area contributed by atoms with Crippen molar-refractivity contribution in [1.29, 1.82) is 0 Å². The van der Waals surface area contributed by atoms with Gasteiger partial charge in [-0.15, -0.1) is 0 Å². The molecule has 0 aliphatic heterocycles. The highest BCUT2D eigenvalue weighted by atomic mass is 32.9. The molecular formula is C4H12N2O3S2. The van der Waals surface area contributed by atoms with Gasteiger partial charge in [0, 0.05) is 24.3 Å². The van der Waals surface area contributed by atoms with Crippen LogP contribution in [0.15, 0.2) is 0 Å². The van der Waals surface area contributed by atoms with Gasteiger partial charge in [-0.2, -0.15) is 4.21 Å². The molecule has 4 N–H and O–H groups in total. The van der Waals surface area contributed by atoms with E-state index in [2.05, 4.69) is 19.6 Å². The molecule has 0 aromatic heterocycles. The van der Waals surface area contributed by atoms with E-state index in [1.807, 2.05) is 0 Å². The molecule has 0 aromatic rings. The third kappa shape index (κ3) is 6.60. The van der Waals surface area contributed by atoms with Gasteiger partial charge in [0.1, 0.15) is 0 Å². The second-order valence-corrected chi connectivity index (χ2v) is 4.14. The van der Waals surface area contributed by atoms with Gasteiger partial charge in [-0.1, -0.05) is 0 Å². The second-order valence-electron chi connectivity index (χ2n) is 1.63. The van der Waals surface area contributed by atoms with Crippen LogP contribution in [0.4, 0.5) is 0 Å². The van der Waals surface area contributed by atoms with Crippen molar-refractivity contribution in [2.45, 2.75) is 0 Å². The van der Waals surface area contributed by atoms with Crippen LogP contribution in [0.1, 0.15) is 0 Å². The van der Waals surface area contributed by atoms with Crippen LogP contribution in [0, 0.1) is 0 Å². The van der Waals surface area contributed by atoms with E-state index in [1.165, 1.54) is 0 Å². The molecule has 0 saturated carbocycles. The monoisotopic (exact) mass is 200 g/mol. The lowest BCUT2D eigenvalue weighted by molar-refractivity contribution is 0.257. The Bertz CT molecular complexity index is 166. The molecule has 11 heavy (non-hydrogen) atoms. The van der Waals surface area contributed by atoms with Crippen LogP contribution in [-0.4, -0.2) is 30.5 Å². The Morgan fingerprint density at radius 3 is 1.82 bits per heavy atom. The predicted octanol–water partition coefficient (Wildman–Crippen LogP) is -1.49.